The Morgan fingerprint density at radius 2 is 1.91 bits per heavy atom. The molecule has 8 heteroatoms. The number of rotatable bonds is 5. The third kappa shape index (κ3) is 4.67. The van der Waals surface area contributed by atoms with Gasteiger partial charge in [0.05, 0.1) is 17.3 Å². The summed E-state index contributed by atoms with van der Waals surface area (Å²) in [6, 6.07) is 14.4. The highest BCUT2D eigenvalue weighted by atomic mass is 35.5. The first-order valence-corrected chi connectivity index (χ1v) is 12.8. The number of esters is 1. The summed E-state index contributed by atoms with van der Waals surface area (Å²) in [7, 11) is 0. The SMILES string of the molecule is O=C(OCC(=O)N1N=C2C(=Cc3cccs3)CCCC2C1c1cccs1)c1ccc(Cl)cc1. The van der Waals surface area contributed by atoms with Crippen molar-refractivity contribution >= 4 is 57.9 Å². The van der Waals surface area contributed by atoms with Crippen molar-refractivity contribution in [3.05, 3.63) is 85.2 Å². The molecule has 5 nitrogen and oxygen atoms in total. The van der Waals surface area contributed by atoms with Gasteiger partial charge < -0.3 is 4.74 Å². The van der Waals surface area contributed by atoms with Crippen LogP contribution in [0.15, 0.2) is 70.0 Å². The van der Waals surface area contributed by atoms with Crippen LogP contribution >= 0.6 is 34.3 Å². The average molecular weight is 497 g/mol. The average Bonchev–Trinajstić information content (AvgIpc) is 3.58. The summed E-state index contributed by atoms with van der Waals surface area (Å²) >= 11 is 9.19. The molecule has 0 radical (unpaired) electrons. The van der Waals surface area contributed by atoms with Gasteiger partial charge in [-0.05, 0) is 78.1 Å². The molecule has 3 heterocycles. The lowest BCUT2D eigenvalue weighted by atomic mass is 9.79. The Morgan fingerprint density at radius 3 is 2.64 bits per heavy atom. The number of amides is 1. The second-order valence-electron chi connectivity index (χ2n) is 7.95. The number of halogens is 1. The monoisotopic (exact) mass is 496 g/mol. The maximum atomic E-state index is 13.2. The number of ether oxygens (including phenoxy) is 1. The number of thiophene rings is 2. The minimum absolute atomic E-state index is 0.138. The Morgan fingerprint density at radius 1 is 1.12 bits per heavy atom. The topological polar surface area (TPSA) is 59.0 Å². The zero-order valence-electron chi connectivity index (χ0n) is 17.6. The molecule has 0 bridgehead atoms. The number of carbonyl (C=O) groups excluding carboxylic acids is 2. The molecule has 2 atom stereocenters. The van der Waals surface area contributed by atoms with Gasteiger partial charge in [0, 0.05) is 20.7 Å². The van der Waals surface area contributed by atoms with Crippen molar-refractivity contribution in [2.45, 2.75) is 25.3 Å². The molecule has 1 fully saturated rings. The van der Waals surface area contributed by atoms with Gasteiger partial charge in [-0.2, -0.15) is 5.10 Å². The predicted molar refractivity (Wildman–Crippen MR) is 133 cm³/mol. The number of nitrogens with zero attached hydrogens (tertiary/aromatic N) is 2. The summed E-state index contributed by atoms with van der Waals surface area (Å²) in [5, 5.41) is 10.9. The summed E-state index contributed by atoms with van der Waals surface area (Å²) in [4.78, 5) is 27.9. The zero-order valence-corrected chi connectivity index (χ0v) is 20.0. The molecule has 1 aliphatic carbocycles. The van der Waals surface area contributed by atoms with Crippen molar-refractivity contribution in [1.82, 2.24) is 5.01 Å². The molecular weight excluding hydrogens is 476 g/mol. The van der Waals surface area contributed by atoms with E-state index in [1.165, 1.54) is 15.5 Å². The molecule has 1 aromatic carbocycles. The number of benzene rings is 1. The molecule has 2 aromatic heterocycles. The first kappa shape index (κ1) is 22.1. The molecule has 2 unspecified atom stereocenters. The van der Waals surface area contributed by atoms with Gasteiger partial charge in [0.15, 0.2) is 6.61 Å². The maximum absolute atomic E-state index is 13.2. The first-order valence-electron chi connectivity index (χ1n) is 10.7. The number of allylic oxidation sites excluding steroid dienone is 1. The van der Waals surface area contributed by atoms with Gasteiger partial charge in [-0.1, -0.05) is 23.7 Å². The van der Waals surface area contributed by atoms with Gasteiger partial charge in [-0.25, -0.2) is 9.80 Å². The van der Waals surface area contributed by atoms with Crippen LogP contribution in [0.25, 0.3) is 6.08 Å². The lowest BCUT2D eigenvalue weighted by Gasteiger charge is -2.28. The van der Waals surface area contributed by atoms with Crippen molar-refractivity contribution in [1.29, 1.82) is 0 Å². The van der Waals surface area contributed by atoms with E-state index in [2.05, 4.69) is 17.5 Å². The summed E-state index contributed by atoms with van der Waals surface area (Å²) in [5.41, 5.74) is 2.51. The van der Waals surface area contributed by atoms with Gasteiger partial charge in [0.25, 0.3) is 5.91 Å². The van der Waals surface area contributed by atoms with Crippen LogP contribution in [0.1, 0.15) is 45.4 Å². The molecule has 0 saturated heterocycles. The lowest BCUT2D eigenvalue weighted by molar-refractivity contribution is -0.136. The zero-order chi connectivity index (χ0) is 22.8. The largest absolute Gasteiger partial charge is 0.452 e. The minimum Gasteiger partial charge on any atom is -0.452 e. The van der Waals surface area contributed by atoms with Gasteiger partial charge in [0.1, 0.15) is 0 Å². The number of hydrazone groups is 1. The standard InChI is InChI=1S/C25H21ClN2O3S2/c26-18-10-8-16(9-11-18)25(30)31-15-22(29)28-24(21-7-3-13-33-21)20-6-1-4-17(23(20)27-28)14-19-5-2-12-32-19/h2-3,5,7-14,20,24H,1,4,6,15H2. The molecule has 1 amide bonds. The summed E-state index contributed by atoms with van der Waals surface area (Å²) in [6.45, 7) is -0.364. The second kappa shape index (κ2) is 9.63. The maximum Gasteiger partial charge on any atom is 0.338 e. The van der Waals surface area contributed by atoms with Gasteiger partial charge in [-0.3, -0.25) is 4.79 Å². The highest BCUT2D eigenvalue weighted by molar-refractivity contribution is 7.11. The van der Waals surface area contributed by atoms with Crippen molar-refractivity contribution in [2.75, 3.05) is 6.61 Å². The highest BCUT2D eigenvalue weighted by Gasteiger charge is 2.44. The smallest absolute Gasteiger partial charge is 0.338 e. The fourth-order valence-corrected chi connectivity index (χ4v) is 6.04. The van der Waals surface area contributed by atoms with E-state index in [0.717, 1.165) is 29.9 Å². The normalized spacial score (nSPS) is 21.1. The summed E-state index contributed by atoms with van der Waals surface area (Å²) in [5.74, 6) is -0.747. The van der Waals surface area contributed by atoms with E-state index in [-0.39, 0.29) is 24.5 Å². The minimum atomic E-state index is -0.560. The molecule has 5 rings (SSSR count). The number of fused-ring (bicyclic) bond motifs is 1. The van der Waals surface area contributed by atoms with Crippen molar-refractivity contribution < 1.29 is 14.3 Å². The third-order valence-corrected chi connectivity index (χ3v) is 7.87. The molecule has 0 spiro atoms. The Hall–Kier alpha value is -2.74. The Bertz CT molecular complexity index is 1200. The number of carbonyl (C=O) groups is 2. The van der Waals surface area contributed by atoms with E-state index < -0.39 is 5.97 Å². The van der Waals surface area contributed by atoms with E-state index in [1.54, 1.807) is 46.9 Å². The van der Waals surface area contributed by atoms with Crippen LogP contribution < -0.4 is 0 Å². The van der Waals surface area contributed by atoms with Crippen molar-refractivity contribution in [2.24, 2.45) is 11.0 Å². The third-order valence-electron chi connectivity index (χ3n) is 5.86. The van der Waals surface area contributed by atoms with E-state index in [0.29, 0.717) is 10.6 Å². The second-order valence-corrected chi connectivity index (χ2v) is 10.3. The molecule has 33 heavy (non-hydrogen) atoms. The number of hydrogen-bond acceptors (Lipinski definition) is 6. The summed E-state index contributed by atoms with van der Waals surface area (Å²) in [6.07, 6.45) is 5.15. The summed E-state index contributed by atoms with van der Waals surface area (Å²) < 4.78 is 5.32. The van der Waals surface area contributed by atoms with Crippen molar-refractivity contribution in [3.63, 3.8) is 0 Å². The van der Waals surface area contributed by atoms with Crippen LogP contribution in [0.3, 0.4) is 0 Å². The van der Waals surface area contributed by atoms with Crippen LogP contribution in [0, 0.1) is 5.92 Å². The predicted octanol–water partition coefficient (Wildman–Crippen LogP) is 6.44. The van der Waals surface area contributed by atoms with Gasteiger partial charge in [-0.15, -0.1) is 22.7 Å². The molecule has 168 valence electrons. The fourth-order valence-electron chi connectivity index (χ4n) is 4.35. The highest BCUT2D eigenvalue weighted by Crippen LogP contribution is 2.45. The van der Waals surface area contributed by atoms with E-state index in [1.807, 2.05) is 23.6 Å². The fraction of sp³-hybridized carbons (Fsp3) is 0.240. The molecule has 1 aliphatic heterocycles. The van der Waals surface area contributed by atoms with E-state index in [4.69, 9.17) is 21.4 Å². The molecule has 0 N–H and O–H groups in total. The van der Waals surface area contributed by atoms with Crippen LogP contribution in [0.2, 0.25) is 5.02 Å². The van der Waals surface area contributed by atoms with Gasteiger partial charge in [0.2, 0.25) is 0 Å². The Kier molecular flexibility index (Phi) is 6.44. The molecule has 2 aliphatic rings. The van der Waals surface area contributed by atoms with Crippen LogP contribution in [0.5, 0.6) is 0 Å². The lowest BCUT2D eigenvalue weighted by Crippen LogP contribution is -2.34. The Labute approximate surface area is 205 Å². The van der Waals surface area contributed by atoms with Crippen LogP contribution in [-0.4, -0.2) is 29.2 Å². The first-order chi connectivity index (χ1) is 16.1. The van der Waals surface area contributed by atoms with Crippen LogP contribution in [-0.2, 0) is 9.53 Å². The van der Waals surface area contributed by atoms with E-state index in [9.17, 15) is 9.59 Å². The van der Waals surface area contributed by atoms with Crippen molar-refractivity contribution in [3.8, 4) is 0 Å². The molecule has 3 aromatic rings. The number of hydrogen-bond donors (Lipinski definition) is 0. The van der Waals surface area contributed by atoms with Crippen LogP contribution in [0.4, 0.5) is 0 Å². The molecular formula is C25H21ClN2O3S2. The van der Waals surface area contributed by atoms with Gasteiger partial charge >= 0.3 is 5.97 Å². The van der Waals surface area contributed by atoms with E-state index >= 15 is 0 Å². The molecule has 1 saturated carbocycles. The quantitative estimate of drug-likeness (QED) is 0.382. The Balaban J connectivity index is 1.39.